The second kappa shape index (κ2) is 9.96. The van der Waals surface area contributed by atoms with E-state index in [0.717, 1.165) is 37.6 Å². The lowest BCUT2D eigenvalue weighted by atomic mass is 10.2. The standard InChI is InChI=1S/C16H22Cl2O2S/c17-14-7-6-13(11-15(14)18)12-21-10-4-3-9-20-16-5-1-2-8-19-16/h6-7,11,16H,1-5,8-10,12H2/t16-/m1/s1. The van der Waals surface area contributed by atoms with E-state index < -0.39 is 0 Å². The maximum Gasteiger partial charge on any atom is 0.157 e. The lowest BCUT2D eigenvalue weighted by molar-refractivity contribution is -0.162. The van der Waals surface area contributed by atoms with Crippen LogP contribution in [0.2, 0.25) is 10.0 Å². The Morgan fingerprint density at radius 3 is 2.86 bits per heavy atom. The summed E-state index contributed by atoms with van der Waals surface area (Å²) in [7, 11) is 0. The van der Waals surface area contributed by atoms with E-state index in [0.29, 0.717) is 10.0 Å². The Morgan fingerprint density at radius 2 is 2.10 bits per heavy atom. The average Bonchev–Trinajstić information content (AvgIpc) is 2.51. The van der Waals surface area contributed by atoms with E-state index >= 15 is 0 Å². The first-order valence-electron chi connectivity index (χ1n) is 7.50. The van der Waals surface area contributed by atoms with Gasteiger partial charge >= 0.3 is 0 Å². The summed E-state index contributed by atoms with van der Waals surface area (Å²) < 4.78 is 11.2. The molecule has 1 aromatic carbocycles. The quantitative estimate of drug-likeness (QED) is 0.573. The lowest BCUT2D eigenvalue weighted by Crippen LogP contribution is -2.22. The summed E-state index contributed by atoms with van der Waals surface area (Å²) in [4.78, 5) is 0. The minimum absolute atomic E-state index is 0.0441. The van der Waals surface area contributed by atoms with Crippen LogP contribution in [-0.2, 0) is 15.2 Å². The first-order chi connectivity index (χ1) is 10.3. The molecule has 2 rings (SSSR count). The molecular weight excluding hydrogens is 327 g/mol. The first-order valence-corrected chi connectivity index (χ1v) is 9.41. The van der Waals surface area contributed by atoms with Crippen molar-refractivity contribution >= 4 is 35.0 Å². The number of hydrogen-bond acceptors (Lipinski definition) is 3. The molecule has 1 heterocycles. The second-order valence-corrected chi connectivity index (χ2v) is 7.09. The van der Waals surface area contributed by atoms with Crippen LogP contribution in [0.1, 0.15) is 37.7 Å². The fraction of sp³-hybridized carbons (Fsp3) is 0.625. The minimum atomic E-state index is 0.0441. The van der Waals surface area contributed by atoms with Crippen molar-refractivity contribution in [3.8, 4) is 0 Å². The molecule has 118 valence electrons. The molecule has 0 amide bonds. The second-order valence-electron chi connectivity index (χ2n) is 5.18. The van der Waals surface area contributed by atoms with Crippen LogP contribution in [0.25, 0.3) is 0 Å². The molecule has 0 saturated carbocycles. The van der Waals surface area contributed by atoms with E-state index in [-0.39, 0.29) is 6.29 Å². The van der Waals surface area contributed by atoms with Gasteiger partial charge in [0.25, 0.3) is 0 Å². The predicted octanol–water partition coefficient (Wildman–Crippen LogP) is 5.55. The summed E-state index contributed by atoms with van der Waals surface area (Å²) in [6.07, 6.45) is 5.75. The number of thioether (sulfide) groups is 1. The van der Waals surface area contributed by atoms with Gasteiger partial charge in [-0.3, -0.25) is 0 Å². The Balaban J connectivity index is 1.48. The molecule has 1 atom stereocenters. The van der Waals surface area contributed by atoms with Gasteiger partial charge in [-0.1, -0.05) is 29.3 Å². The van der Waals surface area contributed by atoms with Gasteiger partial charge in [0.1, 0.15) is 0 Å². The lowest BCUT2D eigenvalue weighted by Gasteiger charge is -2.22. The van der Waals surface area contributed by atoms with Gasteiger partial charge < -0.3 is 9.47 Å². The zero-order valence-corrected chi connectivity index (χ0v) is 14.5. The number of ether oxygens (including phenoxy) is 2. The molecule has 2 nitrogen and oxygen atoms in total. The highest BCUT2D eigenvalue weighted by atomic mass is 35.5. The van der Waals surface area contributed by atoms with Crippen LogP contribution >= 0.6 is 35.0 Å². The molecule has 0 aliphatic carbocycles. The van der Waals surface area contributed by atoms with Crippen LogP contribution in [0.4, 0.5) is 0 Å². The highest BCUT2D eigenvalue weighted by molar-refractivity contribution is 7.98. The van der Waals surface area contributed by atoms with Crippen molar-refractivity contribution < 1.29 is 9.47 Å². The van der Waals surface area contributed by atoms with E-state index in [1.807, 2.05) is 30.0 Å². The summed E-state index contributed by atoms with van der Waals surface area (Å²) in [5, 5.41) is 1.25. The molecule has 0 spiro atoms. The van der Waals surface area contributed by atoms with Crippen molar-refractivity contribution in [3.05, 3.63) is 33.8 Å². The van der Waals surface area contributed by atoms with E-state index in [9.17, 15) is 0 Å². The molecule has 0 aromatic heterocycles. The van der Waals surface area contributed by atoms with E-state index in [4.69, 9.17) is 32.7 Å². The molecule has 1 fully saturated rings. The van der Waals surface area contributed by atoms with E-state index in [1.165, 1.54) is 24.8 Å². The van der Waals surface area contributed by atoms with Crippen molar-refractivity contribution in [3.63, 3.8) is 0 Å². The Morgan fingerprint density at radius 1 is 1.19 bits per heavy atom. The Labute approximate surface area is 141 Å². The SMILES string of the molecule is Clc1ccc(CSCCCCO[C@@H]2CCCCO2)cc1Cl. The third-order valence-corrected chi connectivity index (χ3v) is 5.23. The topological polar surface area (TPSA) is 18.5 Å². The van der Waals surface area contributed by atoms with Gasteiger partial charge in [0.15, 0.2) is 6.29 Å². The van der Waals surface area contributed by atoms with Crippen LogP contribution < -0.4 is 0 Å². The number of hydrogen-bond donors (Lipinski definition) is 0. The Hall–Kier alpha value is 0.0700. The van der Waals surface area contributed by atoms with Crippen LogP contribution in [0, 0.1) is 0 Å². The summed E-state index contributed by atoms with van der Waals surface area (Å²) >= 11 is 13.8. The van der Waals surface area contributed by atoms with E-state index in [2.05, 4.69) is 0 Å². The molecule has 1 aromatic rings. The number of rotatable bonds is 8. The smallest absolute Gasteiger partial charge is 0.157 e. The van der Waals surface area contributed by atoms with Crippen molar-refractivity contribution in [2.24, 2.45) is 0 Å². The number of halogens is 2. The van der Waals surface area contributed by atoms with Gasteiger partial charge in [0, 0.05) is 19.0 Å². The third kappa shape index (κ3) is 6.79. The third-order valence-electron chi connectivity index (χ3n) is 3.38. The summed E-state index contributed by atoms with van der Waals surface area (Å²) in [5.41, 5.74) is 1.22. The molecule has 21 heavy (non-hydrogen) atoms. The summed E-state index contributed by atoms with van der Waals surface area (Å²) in [5.74, 6) is 2.11. The van der Waals surface area contributed by atoms with Crippen molar-refractivity contribution in [2.75, 3.05) is 19.0 Å². The van der Waals surface area contributed by atoms with E-state index in [1.54, 1.807) is 0 Å². The molecule has 5 heteroatoms. The molecular formula is C16H22Cl2O2S. The van der Waals surface area contributed by atoms with Gasteiger partial charge in [-0.2, -0.15) is 11.8 Å². The molecule has 0 N–H and O–H groups in total. The molecule has 1 aliphatic rings. The van der Waals surface area contributed by atoms with Gasteiger partial charge in [-0.25, -0.2) is 0 Å². The maximum atomic E-state index is 6.00. The van der Waals surface area contributed by atoms with Crippen molar-refractivity contribution in [2.45, 2.75) is 44.1 Å². The van der Waals surface area contributed by atoms with Crippen LogP contribution in [0.5, 0.6) is 0 Å². The molecule has 0 bridgehead atoms. The van der Waals surface area contributed by atoms with Gasteiger partial charge in [-0.05, 0) is 55.6 Å². The normalized spacial score (nSPS) is 18.9. The molecule has 0 unspecified atom stereocenters. The number of benzene rings is 1. The fourth-order valence-electron chi connectivity index (χ4n) is 2.18. The maximum absolute atomic E-state index is 6.00. The van der Waals surface area contributed by atoms with Gasteiger partial charge in [-0.15, -0.1) is 0 Å². The summed E-state index contributed by atoms with van der Waals surface area (Å²) in [6.45, 7) is 1.65. The van der Waals surface area contributed by atoms with Gasteiger partial charge in [0.05, 0.1) is 10.0 Å². The summed E-state index contributed by atoms with van der Waals surface area (Å²) in [6, 6.07) is 5.84. The largest absolute Gasteiger partial charge is 0.353 e. The average molecular weight is 349 g/mol. The minimum Gasteiger partial charge on any atom is -0.353 e. The fourth-order valence-corrected chi connectivity index (χ4v) is 3.47. The molecule has 1 aliphatic heterocycles. The zero-order chi connectivity index (χ0) is 14.9. The van der Waals surface area contributed by atoms with Crippen molar-refractivity contribution in [1.29, 1.82) is 0 Å². The Bertz CT molecular complexity index is 423. The van der Waals surface area contributed by atoms with Crippen molar-refractivity contribution in [1.82, 2.24) is 0 Å². The first kappa shape index (κ1) is 17.4. The highest BCUT2D eigenvalue weighted by Gasteiger charge is 2.13. The van der Waals surface area contributed by atoms with Crippen LogP contribution in [0.15, 0.2) is 18.2 Å². The highest BCUT2D eigenvalue weighted by Crippen LogP contribution is 2.25. The monoisotopic (exact) mass is 348 g/mol. The van der Waals surface area contributed by atoms with Gasteiger partial charge in [0.2, 0.25) is 0 Å². The zero-order valence-electron chi connectivity index (χ0n) is 12.2. The Kier molecular flexibility index (Phi) is 8.26. The molecule has 0 radical (unpaired) electrons. The number of unbranched alkanes of at least 4 members (excludes halogenated alkanes) is 1. The van der Waals surface area contributed by atoms with Crippen LogP contribution in [-0.4, -0.2) is 25.3 Å². The molecule has 1 saturated heterocycles. The predicted molar refractivity (Wildman–Crippen MR) is 91.4 cm³/mol. The van der Waals surface area contributed by atoms with Crippen LogP contribution in [0.3, 0.4) is 0 Å².